The van der Waals surface area contributed by atoms with Gasteiger partial charge in [-0.1, -0.05) is 13.0 Å². The Hall–Kier alpha value is -1.47. The summed E-state index contributed by atoms with van der Waals surface area (Å²) in [6.07, 6.45) is 2.07. The Balaban J connectivity index is 1.88. The lowest BCUT2D eigenvalue weighted by Gasteiger charge is -2.35. The van der Waals surface area contributed by atoms with E-state index in [1.165, 1.54) is 0 Å². The highest BCUT2D eigenvalue weighted by molar-refractivity contribution is 7.98. The van der Waals surface area contributed by atoms with Crippen molar-refractivity contribution in [3.63, 3.8) is 0 Å². The first-order chi connectivity index (χ1) is 12.2. The SMILES string of the molecule is CCN1CCN(c2ccc(CNC(=NC)NCCSC)cc2F)CC1. The van der Waals surface area contributed by atoms with Gasteiger partial charge in [-0.2, -0.15) is 11.8 Å². The third-order valence-electron chi connectivity index (χ3n) is 4.45. The molecule has 1 aromatic carbocycles. The fourth-order valence-electron chi connectivity index (χ4n) is 2.90. The lowest BCUT2D eigenvalue weighted by atomic mass is 10.1. The lowest BCUT2D eigenvalue weighted by Crippen LogP contribution is -2.46. The molecule has 1 aromatic rings. The Labute approximate surface area is 155 Å². The van der Waals surface area contributed by atoms with Gasteiger partial charge in [-0.15, -0.1) is 0 Å². The van der Waals surface area contributed by atoms with Gasteiger partial charge in [-0.25, -0.2) is 4.39 Å². The summed E-state index contributed by atoms with van der Waals surface area (Å²) in [4.78, 5) is 8.71. The van der Waals surface area contributed by atoms with Gasteiger partial charge in [0.05, 0.1) is 5.69 Å². The molecule has 25 heavy (non-hydrogen) atoms. The number of aliphatic imine (C=N–C) groups is 1. The van der Waals surface area contributed by atoms with Gasteiger partial charge in [0.15, 0.2) is 5.96 Å². The average molecular weight is 368 g/mol. The fourth-order valence-corrected chi connectivity index (χ4v) is 3.21. The van der Waals surface area contributed by atoms with Crippen molar-refractivity contribution < 1.29 is 4.39 Å². The third-order valence-corrected chi connectivity index (χ3v) is 5.07. The molecule has 0 bridgehead atoms. The van der Waals surface area contributed by atoms with Crippen LogP contribution in [0.5, 0.6) is 0 Å². The van der Waals surface area contributed by atoms with Crippen LogP contribution in [0, 0.1) is 5.82 Å². The minimum absolute atomic E-state index is 0.144. The van der Waals surface area contributed by atoms with Crippen molar-refractivity contribution in [2.24, 2.45) is 4.99 Å². The number of thioether (sulfide) groups is 1. The van der Waals surface area contributed by atoms with E-state index in [1.807, 2.05) is 12.1 Å². The number of halogens is 1. The number of hydrogen-bond acceptors (Lipinski definition) is 4. The van der Waals surface area contributed by atoms with E-state index >= 15 is 0 Å². The van der Waals surface area contributed by atoms with Crippen molar-refractivity contribution in [3.05, 3.63) is 29.6 Å². The molecule has 0 aliphatic carbocycles. The van der Waals surface area contributed by atoms with Gasteiger partial charge in [0, 0.05) is 52.1 Å². The first kappa shape index (κ1) is 19.8. The molecule has 0 unspecified atom stereocenters. The molecule has 5 nitrogen and oxygen atoms in total. The molecular formula is C18H30FN5S. The van der Waals surface area contributed by atoms with Crippen LogP contribution in [0.3, 0.4) is 0 Å². The maximum atomic E-state index is 14.5. The second-order valence-electron chi connectivity index (χ2n) is 6.05. The van der Waals surface area contributed by atoms with Crippen molar-refractivity contribution in [1.82, 2.24) is 15.5 Å². The third kappa shape index (κ3) is 6.08. The molecule has 1 heterocycles. The van der Waals surface area contributed by atoms with E-state index in [1.54, 1.807) is 24.9 Å². The van der Waals surface area contributed by atoms with Crippen LogP contribution in [-0.2, 0) is 6.54 Å². The van der Waals surface area contributed by atoms with Gasteiger partial charge in [-0.05, 0) is 30.5 Å². The number of nitrogens with zero attached hydrogens (tertiary/aromatic N) is 3. The zero-order chi connectivity index (χ0) is 18.1. The predicted molar refractivity (Wildman–Crippen MR) is 107 cm³/mol. The Morgan fingerprint density at radius 1 is 1.24 bits per heavy atom. The summed E-state index contributed by atoms with van der Waals surface area (Å²) in [5.74, 6) is 1.62. The van der Waals surface area contributed by atoms with Crippen LogP contribution in [0.4, 0.5) is 10.1 Å². The number of nitrogens with one attached hydrogen (secondary N) is 2. The Bertz CT molecular complexity index is 558. The van der Waals surface area contributed by atoms with Crippen molar-refractivity contribution >= 4 is 23.4 Å². The van der Waals surface area contributed by atoms with Crippen LogP contribution in [0.2, 0.25) is 0 Å². The van der Waals surface area contributed by atoms with E-state index in [4.69, 9.17) is 0 Å². The van der Waals surface area contributed by atoms with Gasteiger partial charge in [0.1, 0.15) is 5.82 Å². The average Bonchev–Trinajstić information content (AvgIpc) is 2.65. The molecule has 0 spiro atoms. The van der Waals surface area contributed by atoms with Crippen LogP contribution in [-0.4, -0.2) is 69.2 Å². The topological polar surface area (TPSA) is 42.9 Å². The molecule has 1 aliphatic rings. The first-order valence-corrected chi connectivity index (χ1v) is 10.3. The molecule has 0 atom stereocenters. The summed E-state index contributed by atoms with van der Waals surface area (Å²) in [6, 6.07) is 5.52. The maximum absolute atomic E-state index is 14.5. The van der Waals surface area contributed by atoms with Crippen LogP contribution >= 0.6 is 11.8 Å². The molecule has 2 N–H and O–H groups in total. The largest absolute Gasteiger partial charge is 0.367 e. The van der Waals surface area contributed by atoms with E-state index < -0.39 is 0 Å². The molecule has 2 rings (SSSR count). The van der Waals surface area contributed by atoms with Crippen LogP contribution in [0.1, 0.15) is 12.5 Å². The Kier molecular flexibility index (Phi) is 8.34. The van der Waals surface area contributed by atoms with E-state index in [0.29, 0.717) is 12.2 Å². The van der Waals surface area contributed by atoms with Gasteiger partial charge in [-0.3, -0.25) is 4.99 Å². The summed E-state index contributed by atoms with van der Waals surface area (Å²) in [5, 5.41) is 6.47. The molecule has 0 aromatic heterocycles. The lowest BCUT2D eigenvalue weighted by molar-refractivity contribution is 0.270. The number of benzene rings is 1. The van der Waals surface area contributed by atoms with E-state index in [-0.39, 0.29) is 5.82 Å². The quantitative estimate of drug-likeness (QED) is 0.438. The number of hydrogen-bond donors (Lipinski definition) is 2. The zero-order valence-corrected chi connectivity index (χ0v) is 16.3. The van der Waals surface area contributed by atoms with Gasteiger partial charge < -0.3 is 20.4 Å². The number of likely N-dealkylation sites (N-methyl/N-ethyl adjacent to an activating group) is 1. The molecule has 1 fully saturated rings. The standard InChI is InChI=1S/C18H30FN5S/c1-4-23-8-10-24(11-9-23)17-6-5-15(13-16(17)19)14-22-18(20-2)21-7-12-25-3/h5-6,13H,4,7-12,14H2,1-3H3,(H2,20,21,22). The van der Waals surface area contributed by atoms with Crippen LogP contribution in [0.25, 0.3) is 0 Å². The second kappa shape index (κ2) is 10.5. The Morgan fingerprint density at radius 3 is 2.60 bits per heavy atom. The van der Waals surface area contributed by atoms with Crippen LogP contribution < -0.4 is 15.5 Å². The minimum Gasteiger partial charge on any atom is -0.367 e. The summed E-state index contributed by atoms with van der Waals surface area (Å²) < 4.78 is 14.5. The molecular weight excluding hydrogens is 337 g/mol. The second-order valence-corrected chi connectivity index (χ2v) is 7.04. The van der Waals surface area contributed by atoms with E-state index in [0.717, 1.165) is 56.5 Å². The van der Waals surface area contributed by atoms with Crippen LogP contribution in [0.15, 0.2) is 23.2 Å². The Morgan fingerprint density at radius 2 is 2.00 bits per heavy atom. The van der Waals surface area contributed by atoms with Gasteiger partial charge >= 0.3 is 0 Å². The molecule has 0 saturated carbocycles. The van der Waals surface area contributed by atoms with Crippen molar-refractivity contribution in [3.8, 4) is 0 Å². The highest BCUT2D eigenvalue weighted by Crippen LogP contribution is 2.22. The van der Waals surface area contributed by atoms with Crippen molar-refractivity contribution in [2.75, 3.05) is 63.2 Å². The monoisotopic (exact) mass is 367 g/mol. The minimum atomic E-state index is -0.144. The van der Waals surface area contributed by atoms with E-state index in [2.05, 4.69) is 38.6 Å². The first-order valence-electron chi connectivity index (χ1n) is 8.87. The molecule has 1 aliphatic heterocycles. The molecule has 1 saturated heterocycles. The molecule has 140 valence electrons. The molecule has 7 heteroatoms. The fraction of sp³-hybridized carbons (Fsp3) is 0.611. The molecule has 0 radical (unpaired) electrons. The highest BCUT2D eigenvalue weighted by atomic mass is 32.2. The number of piperazine rings is 1. The summed E-state index contributed by atoms with van der Waals surface area (Å²) in [5.41, 5.74) is 1.63. The normalized spacial score (nSPS) is 16.2. The number of anilines is 1. The summed E-state index contributed by atoms with van der Waals surface area (Å²) in [7, 11) is 1.74. The maximum Gasteiger partial charge on any atom is 0.191 e. The summed E-state index contributed by atoms with van der Waals surface area (Å²) in [6.45, 7) is 8.41. The van der Waals surface area contributed by atoms with Gasteiger partial charge in [0.25, 0.3) is 0 Å². The van der Waals surface area contributed by atoms with E-state index in [9.17, 15) is 4.39 Å². The van der Waals surface area contributed by atoms with Crippen molar-refractivity contribution in [2.45, 2.75) is 13.5 Å². The number of guanidine groups is 1. The molecule has 0 amide bonds. The van der Waals surface area contributed by atoms with Crippen molar-refractivity contribution in [1.29, 1.82) is 0 Å². The smallest absolute Gasteiger partial charge is 0.191 e. The highest BCUT2D eigenvalue weighted by Gasteiger charge is 2.18. The summed E-state index contributed by atoms with van der Waals surface area (Å²) >= 11 is 1.78. The number of rotatable bonds is 7. The predicted octanol–water partition coefficient (Wildman–Crippen LogP) is 2.00. The van der Waals surface area contributed by atoms with Gasteiger partial charge in [0.2, 0.25) is 0 Å². The zero-order valence-electron chi connectivity index (χ0n) is 15.5.